The van der Waals surface area contributed by atoms with Gasteiger partial charge < -0.3 is 15.5 Å². The number of benzene rings is 1. The maximum atomic E-state index is 12.7. The van der Waals surface area contributed by atoms with Crippen molar-refractivity contribution in [1.29, 1.82) is 0 Å². The summed E-state index contributed by atoms with van der Waals surface area (Å²) in [7, 11) is 0. The number of aliphatic carboxylic acids is 1. The van der Waals surface area contributed by atoms with Gasteiger partial charge in [0.2, 0.25) is 5.91 Å². The van der Waals surface area contributed by atoms with E-state index in [9.17, 15) is 34.7 Å². The topological polar surface area (TPSA) is 147 Å². The molecule has 212 valence electrons. The van der Waals surface area contributed by atoms with E-state index in [0.717, 1.165) is 51.0 Å². The molecule has 0 saturated carbocycles. The van der Waals surface area contributed by atoms with Crippen LogP contribution in [0.1, 0.15) is 96.5 Å². The first-order valence-corrected chi connectivity index (χ1v) is 13.7. The fourth-order valence-electron chi connectivity index (χ4n) is 4.11. The zero-order chi connectivity index (χ0) is 28.4. The van der Waals surface area contributed by atoms with Gasteiger partial charge in [0, 0.05) is 31.5 Å². The number of hydrogen-bond acceptors (Lipinski definition) is 6. The number of carbonyl (C=O) groups excluding carboxylic acids is 2. The summed E-state index contributed by atoms with van der Waals surface area (Å²) in [6, 6.07) is 5.95. The number of non-ortho nitro benzene ring substituents is 1. The fraction of sp³-hybridized carbons (Fsp3) is 0.621. The van der Waals surface area contributed by atoms with Crippen molar-refractivity contribution in [2.45, 2.75) is 103 Å². The number of Topliss-reactive ketones (excluding diaryl/α,β-unsaturated/α-hetero) is 1. The lowest BCUT2D eigenvalue weighted by atomic mass is 9.87. The molecule has 1 aromatic carbocycles. The summed E-state index contributed by atoms with van der Waals surface area (Å²) in [5.41, 5.74) is -1.52. The second kappa shape index (κ2) is 18.2. The quantitative estimate of drug-likeness (QED) is 0.0816. The summed E-state index contributed by atoms with van der Waals surface area (Å²) < 4.78 is 0. The molecule has 0 radical (unpaired) electrons. The number of ketones is 1. The first-order valence-electron chi connectivity index (χ1n) is 13.7. The number of unbranched alkanes of at least 4 members (excludes halogenated alkanes) is 8. The Balaban J connectivity index is 2.41. The van der Waals surface area contributed by atoms with Crippen molar-refractivity contribution in [3.63, 3.8) is 0 Å². The number of nitrogens with zero attached hydrogens (tertiary/aromatic N) is 1. The van der Waals surface area contributed by atoms with E-state index >= 15 is 0 Å². The largest absolute Gasteiger partial charge is 0.479 e. The number of allylic oxidation sites excluding steroid dienone is 1. The smallest absolute Gasteiger partial charge is 0.336 e. The van der Waals surface area contributed by atoms with Gasteiger partial charge in [0.25, 0.3) is 5.69 Å². The minimum absolute atomic E-state index is 0.0258. The Bertz CT molecular complexity index is 910. The Hall–Kier alpha value is -3.07. The van der Waals surface area contributed by atoms with Crippen LogP contribution in [0.2, 0.25) is 0 Å². The van der Waals surface area contributed by atoms with Gasteiger partial charge in [0.1, 0.15) is 5.78 Å². The zero-order valence-corrected chi connectivity index (χ0v) is 22.8. The molecule has 1 amide bonds. The minimum atomic E-state index is -2.27. The van der Waals surface area contributed by atoms with E-state index in [2.05, 4.69) is 12.2 Å². The first-order chi connectivity index (χ1) is 18.1. The summed E-state index contributed by atoms with van der Waals surface area (Å²) in [4.78, 5) is 46.5. The first kappa shape index (κ1) is 33.0. The number of carbonyl (C=O) groups is 3. The molecule has 0 saturated heterocycles. The van der Waals surface area contributed by atoms with Crippen molar-refractivity contribution in [3.8, 4) is 0 Å². The van der Waals surface area contributed by atoms with Gasteiger partial charge in [-0.25, -0.2) is 4.79 Å². The van der Waals surface area contributed by atoms with E-state index < -0.39 is 28.3 Å². The lowest BCUT2D eigenvalue weighted by Gasteiger charge is -2.25. The molecule has 9 heteroatoms. The molecular weight excluding hydrogens is 488 g/mol. The summed E-state index contributed by atoms with van der Waals surface area (Å²) in [5, 5.41) is 33.3. The number of nitro groups is 1. The van der Waals surface area contributed by atoms with E-state index in [4.69, 9.17) is 0 Å². The molecule has 3 N–H and O–H groups in total. The van der Waals surface area contributed by atoms with Crippen LogP contribution in [-0.2, 0) is 20.8 Å². The van der Waals surface area contributed by atoms with Crippen LogP contribution >= 0.6 is 0 Å². The summed E-state index contributed by atoms with van der Waals surface area (Å²) in [6.45, 7) is 3.46. The average molecular weight is 533 g/mol. The molecule has 0 unspecified atom stereocenters. The molecule has 1 aromatic rings. The van der Waals surface area contributed by atoms with E-state index in [1.54, 1.807) is 18.2 Å². The highest BCUT2D eigenvalue weighted by atomic mass is 16.6. The SMILES string of the molecule is CCCCCCCC(=O)CCCCCC/C=C/[C@H](C(=O)NCCc1ccc([N+](=O)[O-])cc1)[C@](C)(O)C(=O)O. The molecule has 9 nitrogen and oxygen atoms in total. The van der Waals surface area contributed by atoms with E-state index in [0.29, 0.717) is 31.5 Å². The van der Waals surface area contributed by atoms with Crippen LogP contribution in [0.25, 0.3) is 0 Å². The maximum absolute atomic E-state index is 12.7. The summed E-state index contributed by atoms with van der Waals surface area (Å²) in [5.74, 6) is -3.04. The van der Waals surface area contributed by atoms with Gasteiger partial charge >= 0.3 is 5.97 Å². The van der Waals surface area contributed by atoms with Crippen molar-refractivity contribution in [2.75, 3.05) is 6.54 Å². The summed E-state index contributed by atoms with van der Waals surface area (Å²) >= 11 is 0. The van der Waals surface area contributed by atoms with Gasteiger partial charge in [0.15, 0.2) is 5.60 Å². The van der Waals surface area contributed by atoms with Gasteiger partial charge in [0.05, 0.1) is 10.8 Å². The number of carboxylic acid groups (broad SMARTS) is 1. The van der Waals surface area contributed by atoms with E-state index in [1.165, 1.54) is 37.5 Å². The van der Waals surface area contributed by atoms with Gasteiger partial charge in [-0.15, -0.1) is 0 Å². The second-order valence-corrected chi connectivity index (χ2v) is 9.98. The number of carboxylic acids is 1. The van der Waals surface area contributed by atoms with Crippen LogP contribution in [-0.4, -0.2) is 44.9 Å². The number of hydrogen-bond donors (Lipinski definition) is 3. The molecule has 0 heterocycles. The Morgan fingerprint density at radius 2 is 1.58 bits per heavy atom. The van der Waals surface area contributed by atoms with Crippen molar-refractivity contribution >= 4 is 23.3 Å². The van der Waals surface area contributed by atoms with Gasteiger partial charge in [-0.2, -0.15) is 0 Å². The van der Waals surface area contributed by atoms with Crippen molar-refractivity contribution in [2.24, 2.45) is 5.92 Å². The highest BCUT2D eigenvalue weighted by molar-refractivity contribution is 5.90. The van der Waals surface area contributed by atoms with Crippen LogP contribution in [0, 0.1) is 16.0 Å². The van der Waals surface area contributed by atoms with Crippen LogP contribution in [0.5, 0.6) is 0 Å². The van der Waals surface area contributed by atoms with Crippen molar-refractivity contribution in [3.05, 3.63) is 52.1 Å². The number of aliphatic hydroxyl groups is 1. The van der Waals surface area contributed by atoms with Crippen molar-refractivity contribution in [1.82, 2.24) is 5.32 Å². The van der Waals surface area contributed by atoms with Gasteiger partial charge in [-0.05, 0) is 44.6 Å². The second-order valence-electron chi connectivity index (χ2n) is 9.98. The van der Waals surface area contributed by atoms with Gasteiger partial charge in [-0.1, -0.05) is 69.7 Å². The lowest BCUT2D eigenvalue weighted by Crippen LogP contribution is -2.49. The van der Waals surface area contributed by atoms with E-state index in [-0.39, 0.29) is 12.2 Å². The molecule has 38 heavy (non-hydrogen) atoms. The monoisotopic (exact) mass is 532 g/mol. The predicted molar refractivity (Wildman–Crippen MR) is 147 cm³/mol. The predicted octanol–water partition coefficient (Wildman–Crippen LogP) is 5.53. The zero-order valence-electron chi connectivity index (χ0n) is 22.8. The summed E-state index contributed by atoms with van der Waals surface area (Å²) in [6.07, 6.45) is 14.8. The Labute approximate surface area is 225 Å². The third-order valence-corrected chi connectivity index (χ3v) is 6.65. The Morgan fingerprint density at radius 1 is 1.00 bits per heavy atom. The lowest BCUT2D eigenvalue weighted by molar-refractivity contribution is -0.384. The molecule has 0 aliphatic carbocycles. The number of nitro benzene ring substituents is 1. The standard InChI is InChI=1S/C29H44N2O7/c1-3-4-5-8-11-14-25(32)15-12-9-6-7-10-13-16-26(29(2,36)28(34)35)27(33)30-22-21-23-17-19-24(20-18-23)31(37)38/h13,16-20,26,36H,3-12,14-15,21-22H2,1-2H3,(H,30,33)(H,34,35)/b16-13+/t26-,29+/m1/s1. The Kier molecular flexibility index (Phi) is 15.8. The van der Waals surface area contributed by atoms with Crippen LogP contribution in [0.3, 0.4) is 0 Å². The van der Waals surface area contributed by atoms with E-state index in [1.807, 2.05) is 0 Å². The highest BCUT2D eigenvalue weighted by Gasteiger charge is 2.42. The van der Waals surface area contributed by atoms with Gasteiger partial charge in [-0.3, -0.25) is 19.7 Å². The van der Waals surface area contributed by atoms with Crippen molar-refractivity contribution < 1.29 is 29.5 Å². The van der Waals surface area contributed by atoms with Crippen LogP contribution < -0.4 is 5.32 Å². The molecule has 0 spiro atoms. The van der Waals surface area contributed by atoms with Crippen LogP contribution in [0.4, 0.5) is 5.69 Å². The molecule has 0 bridgehead atoms. The third kappa shape index (κ3) is 12.9. The molecule has 1 rings (SSSR count). The van der Waals surface area contributed by atoms with Crippen LogP contribution in [0.15, 0.2) is 36.4 Å². The molecule has 0 aliphatic rings. The molecule has 0 aliphatic heterocycles. The fourth-order valence-corrected chi connectivity index (χ4v) is 4.11. The average Bonchev–Trinajstić information content (AvgIpc) is 2.87. The number of nitrogens with one attached hydrogen (secondary N) is 1. The molecule has 0 aromatic heterocycles. The molecule has 0 fully saturated rings. The number of amides is 1. The molecule has 2 atom stereocenters. The third-order valence-electron chi connectivity index (χ3n) is 6.65. The molecular formula is C29H44N2O7. The number of rotatable bonds is 21. The Morgan fingerprint density at radius 3 is 2.13 bits per heavy atom. The maximum Gasteiger partial charge on any atom is 0.336 e. The highest BCUT2D eigenvalue weighted by Crippen LogP contribution is 2.21. The normalized spacial score (nSPS) is 13.7. The minimum Gasteiger partial charge on any atom is -0.479 e.